The number of halogens is 1. The number of rotatable bonds is 3. The van der Waals surface area contributed by atoms with E-state index in [9.17, 15) is 9.90 Å². The summed E-state index contributed by atoms with van der Waals surface area (Å²) in [5.41, 5.74) is 1.54. The molecule has 1 aromatic rings. The summed E-state index contributed by atoms with van der Waals surface area (Å²) in [6.45, 7) is 3.56. The number of amides is 1. The van der Waals surface area contributed by atoms with E-state index >= 15 is 0 Å². The number of phenols is 1. The van der Waals surface area contributed by atoms with Gasteiger partial charge in [-0.2, -0.15) is 0 Å². The van der Waals surface area contributed by atoms with Crippen molar-refractivity contribution >= 4 is 21.8 Å². The minimum atomic E-state index is 0.0876. The third-order valence-corrected chi connectivity index (χ3v) is 3.99. The van der Waals surface area contributed by atoms with Crippen LogP contribution in [0.1, 0.15) is 28.8 Å². The predicted octanol–water partition coefficient (Wildman–Crippen LogP) is 2.95. The molecule has 0 aromatic heterocycles. The number of phenolic OH excluding ortho intramolecular Hbond substituents is 1. The second kappa shape index (κ2) is 5.74. The second-order valence-corrected chi connectivity index (χ2v) is 5.68. The lowest BCUT2D eigenvalue weighted by atomic mass is 10.1. The highest BCUT2D eigenvalue weighted by atomic mass is 79.9. The first-order chi connectivity index (χ1) is 8.61. The van der Waals surface area contributed by atoms with Crippen molar-refractivity contribution in [1.82, 2.24) is 4.90 Å². The summed E-state index contributed by atoms with van der Waals surface area (Å²) in [4.78, 5) is 14.3. The monoisotopic (exact) mass is 311 g/mol. The van der Waals surface area contributed by atoms with Gasteiger partial charge in [-0.05, 0) is 49.4 Å². The molecule has 1 aliphatic rings. The fourth-order valence-electron chi connectivity index (χ4n) is 2.47. The largest absolute Gasteiger partial charge is 0.508 e. The average Bonchev–Trinajstić information content (AvgIpc) is 2.77. The Morgan fingerprint density at radius 2 is 2.33 bits per heavy atom. The predicted molar refractivity (Wildman–Crippen MR) is 75.3 cm³/mol. The Morgan fingerprint density at radius 3 is 3.00 bits per heavy atom. The van der Waals surface area contributed by atoms with Gasteiger partial charge in [0.25, 0.3) is 5.91 Å². The maximum absolute atomic E-state index is 12.4. The van der Waals surface area contributed by atoms with Crippen molar-refractivity contribution in [2.24, 2.45) is 5.92 Å². The molecule has 0 saturated carbocycles. The normalized spacial score (nSPS) is 19.2. The molecule has 0 radical (unpaired) electrons. The van der Waals surface area contributed by atoms with Crippen molar-refractivity contribution in [2.45, 2.75) is 19.8 Å². The van der Waals surface area contributed by atoms with Gasteiger partial charge in [0.2, 0.25) is 0 Å². The number of hydrogen-bond acceptors (Lipinski definition) is 2. The summed E-state index contributed by atoms with van der Waals surface area (Å²) >= 11 is 3.45. The van der Waals surface area contributed by atoms with Crippen LogP contribution in [-0.4, -0.2) is 34.3 Å². The van der Waals surface area contributed by atoms with Gasteiger partial charge in [-0.15, -0.1) is 0 Å². The van der Waals surface area contributed by atoms with Crippen molar-refractivity contribution in [2.75, 3.05) is 18.4 Å². The molecule has 4 heteroatoms. The highest BCUT2D eigenvalue weighted by Gasteiger charge is 2.27. The lowest BCUT2D eigenvalue weighted by Gasteiger charge is -2.17. The average molecular weight is 312 g/mol. The molecule has 1 unspecified atom stereocenters. The first-order valence-electron chi connectivity index (χ1n) is 6.26. The SMILES string of the molecule is Cc1cc(O)ccc1C(=O)N1CCC(CCBr)C1. The molecule has 1 heterocycles. The van der Waals surface area contributed by atoms with E-state index in [1.165, 1.54) is 0 Å². The molecule has 1 atom stereocenters. The molecule has 1 aromatic carbocycles. The Bertz CT molecular complexity index is 447. The Kier molecular flexibility index (Phi) is 4.27. The van der Waals surface area contributed by atoms with Crippen LogP contribution < -0.4 is 0 Å². The molecular weight excluding hydrogens is 294 g/mol. The van der Waals surface area contributed by atoms with E-state index in [0.29, 0.717) is 11.5 Å². The number of benzene rings is 1. The van der Waals surface area contributed by atoms with Gasteiger partial charge in [0.15, 0.2) is 0 Å². The van der Waals surface area contributed by atoms with E-state index in [1.54, 1.807) is 18.2 Å². The standard InChI is InChI=1S/C14H18BrNO2/c1-10-8-12(17)2-3-13(10)14(18)16-7-5-11(9-16)4-6-15/h2-3,8,11,17H,4-7,9H2,1H3. The van der Waals surface area contributed by atoms with Crippen molar-refractivity contribution in [3.05, 3.63) is 29.3 Å². The van der Waals surface area contributed by atoms with Gasteiger partial charge in [-0.1, -0.05) is 15.9 Å². The molecule has 1 fully saturated rings. The summed E-state index contributed by atoms with van der Waals surface area (Å²) in [7, 11) is 0. The van der Waals surface area contributed by atoms with Crippen LogP contribution in [0.5, 0.6) is 5.75 Å². The van der Waals surface area contributed by atoms with Crippen LogP contribution in [0.3, 0.4) is 0 Å². The van der Waals surface area contributed by atoms with E-state index < -0.39 is 0 Å². The Morgan fingerprint density at radius 1 is 1.56 bits per heavy atom. The van der Waals surface area contributed by atoms with Crippen molar-refractivity contribution < 1.29 is 9.90 Å². The fraction of sp³-hybridized carbons (Fsp3) is 0.500. The van der Waals surface area contributed by atoms with Crippen LogP contribution in [0.4, 0.5) is 0 Å². The number of carbonyl (C=O) groups is 1. The van der Waals surface area contributed by atoms with Crippen molar-refractivity contribution in [3.63, 3.8) is 0 Å². The molecule has 18 heavy (non-hydrogen) atoms. The van der Waals surface area contributed by atoms with Gasteiger partial charge in [0.05, 0.1) is 0 Å². The molecule has 3 nitrogen and oxygen atoms in total. The first kappa shape index (κ1) is 13.4. The molecule has 0 spiro atoms. The highest BCUT2D eigenvalue weighted by Crippen LogP contribution is 2.24. The summed E-state index contributed by atoms with van der Waals surface area (Å²) < 4.78 is 0. The molecule has 1 aliphatic heterocycles. The third-order valence-electron chi connectivity index (χ3n) is 3.53. The quantitative estimate of drug-likeness (QED) is 0.872. The lowest BCUT2D eigenvalue weighted by molar-refractivity contribution is 0.0786. The summed E-state index contributed by atoms with van der Waals surface area (Å²) in [6, 6.07) is 4.93. The lowest BCUT2D eigenvalue weighted by Crippen LogP contribution is -2.29. The van der Waals surface area contributed by atoms with Gasteiger partial charge in [0.1, 0.15) is 5.75 Å². The van der Waals surface area contributed by atoms with Crippen molar-refractivity contribution in [3.8, 4) is 5.75 Å². The number of aryl methyl sites for hydroxylation is 1. The van der Waals surface area contributed by atoms with Crippen LogP contribution in [0.15, 0.2) is 18.2 Å². The summed E-state index contributed by atoms with van der Waals surface area (Å²) in [5.74, 6) is 0.915. The number of carbonyl (C=O) groups excluding carboxylic acids is 1. The zero-order valence-electron chi connectivity index (χ0n) is 10.5. The maximum atomic E-state index is 12.4. The Labute approximate surface area is 116 Å². The minimum absolute atomic E-state index is 0.0876. The van der Waals surface area contributed by atoms with E-state index in [0.717, 1.165) is 36.8 Å². The molecule has 1 N–H and O–H groups in total. The zero-order chi connectivity index (χ0) is 13.1. The second-order valence-electron chi connectivity index (χ2n) is 4.88. The van der Waals surface area contributed by atoms with E-state index in [-0.39, 0.29) is 11.7 Å². The number of likely N-dealkylation sites (tertiary alicyclic amines) is 1. The van der Waals surface area contributed by atoms with Crippen LogP contribution in [-0.2, 0) is 0 Å². The van der Waals surface area contributed by atoms with Gasteiger partial charge in [-0.3, -0.25) is 4.79 Å². The number of alkyl halides is 1. The molecule has 98 valence electrons. The number of aromatic hydroxyl groups is 1. The fourth-order valence-corrected chi connectivity index (χ4v) is 3.11. The van der Waals surface area contributed by atoms with Gasteiger partial charge >= 0.3 is 0 Å². The summed E-state index contributed by atoms with van der Waals surface area (Å²) in [6.07, 6.45) is 2.22. The molecular formula is C14H18BrNO2. The van der Waals surface area contributed by atoms with E-state index in [1.807, 2.05) is 11.8 Å². The topological polar surface area (TPSA) is 40.5 Å². The smallest absolute Gasteiger partial charge is 0.254 e. The highest BCUT2D eigenvalue weighted by molar-refractivity contribution is 9.09. The first-order valence-corrected chi connectivity index (χ1v) is 7.39. The molecule has 1 saturated heterocycles. The molecule has 0 aliphatic carbocycles. The summed E-state index contributed by atoms with van der Waals surface area (Å²) in [5, 5.41) is 10.4. The van der Waals surface area contributed by atoms with Crippen LogP contribution in [0.25, 0.3) is 0 Å². The van der Waals surface area contributed by atoms with Crippen LogP contribution in [0.2, 0.25) is 0 Å². The third kappa shape index (κ3) is 2.86. The van der Waals surface area contributed by atoms with Crippen LogP contribution >= 0.6 is 15.9 Å². The molecule has 0 bridgehead atoms. The molecule has 2 rings (SSSR count). The number of nitrogens with zero attached hydrogens (tertiary/aromatic N) is 1. The molecule has 1 amide bonds. The van der Waals surface area contributed by atoms with Gasteiger partial charge in [0, 0.05) is 24.0 Å². The van der Waals surface area contributed by atoms with Crippen molar-refractivity contribution in [1.29, 1.82) is 0 Å². The zero-order valence-corrected chi connectivity index (χ0v) is 12.1. The van der Waals surface area contributed by atoms with Crippen LogP contribution in [0, 0.1) is 12.8 Å². The maximum Gasteiger partial charge on any atom is 0.254 e. The Hall–Kier alpha value is -1.03. The van der Waals surface area contributed by atoms with Gasteiger partial charge in [-0.25, -0.2) is 0 Å². The van der Waals surface area contributed by atoms with E-state index in [4.69, 9.17) is 0 Å². The number of hydrogen-bond donors (Lipinski definition) is 1. The Balaban J connectivity index is 2.08. The van der Waals surface area contributed by atoms with Gasteiger partial charge < -0.3 is 10.0 Å². The van der Waals surface area contributed by atoms with E-state index in [2.05, 4.69) is 15.9 Å². The minimum Gasteiger partial charge on any atom is -0.508 e.